The molecule has 0 spiro atoms. The van der Waals surface area contributed by atoms with Gasteiger partial charge in [-0.15, -0.1) is 0 Å². The molecular weight excluding hydrogens is 358 g/mol. The molecule has 1 fully saturated rings. The highest BCUT2D eigenvalue weighted by Crippen LogP contribution is 2.33. The Morgan fingerprint density at radius 3 is 2.07 bits per heavy atom. The van der Waals surface area contributed by atoms with Gasteiger partial charge in [-0.1, -0.05) is 42.5 Å². The van der Waals surface area contributed by atoms with Crippen molar-refractivity contribution < 1.29 is 22.4 Å². The van der Waals surface area contributed by atoms with E-state index in [4.69, 9.17) is 0 Å². The smallest absolute Gasteiger partial charge is 0.308 e. The van der Waals surface area contributed by atoms with E-state index < -0.39 is 18.4 Å². The zero-order chi connectivity index (χ0) is 19.4. The summed E-state index contributed by atoms with van der Waals surface area (Å²) in [5, 5.41) is 3.02. The summed E-state index contributed by atoms with van der Waals surface area (Å²) in [5.74, 6) is -0.334. The molecule has 140 valence electrons. The average molecular weight is 375 g/mol. The summed E-state index contributed by atoms with van der Waals surface area (Å²) in [7, 11) is 0. The van der Waals surface area contributed by atoms with E-state index in [2.05, 4.69) is 5.32 Å². The largest absolute Gasteiger partial charge is 0.416 e. The fourth-order valence-electron chi connectivity index (χ4n) is 2.98. The Morgan fingerprint density at radius 1 is 0.889 bits per heavy atom. The molecule has 0 amide bonds. The summed E-state index contributed by atoms with van der Waals surface area (Å²) in [6.45, 7) is -0.214. The third kappa shape index (κ3) is 4.34. The fraction of sp³-hybridized carbons (Fsp3) is 0.190. The summed E-state index contributed by atoms with van der Waals surface area (Å²) >= 11 is 0. The van der Waals surface area contributed by atoms with Crippen molar-refractivity contribution in [1.29, 1.82) is 0 Å². The van der Waals surface area contributed by atoms with E-state index in [1.54, 1.807) is 30.3 Å². The highest BCUT2D eigenvalue weighted by molar-refractivity contribution is 6.14. The van der Waals surface area contributed by atoms with Crippen LogP contribution in [0, 0.1) is 0 Å². The Hall–Kier alpha value is -2.73. The van der Waals surface area contributed by atoms with Gasteiger partial charge in [0.2, 0.25) is 0 Å². The molecule has 1 saturated heterocycles. The van der Waals surface area contributed by atoms with E-state index in [0.29, 0.717) is 16.7 Å². The maximum Gasteiger partial charge on any atom is 0.416 e. The van der Waals surface area contributed by atoms with Gasteiger partial charge in [0.1, 0.15) is 6.67 Å². The number of halogens is 4. The van der Waals surface area contributed by atoms with Crippen LogP contribution in [-0.2, 0) is 17.6 Å². The zero-order valence-electron chi connectivity index (χ0n) is 14.3. The first kappa shape index (κ1) is 19.0. The van der Waals surface area contributed by atoms with Gasteiger partial charge in [-0.05, 0) is 34.9 Å². The molecule has 0 radical (unpaired) electrons. The van der Waals surface area contributed by atoms with Crippen molar-refractivity contribution in [2.75, 3.05) is 13.1 Å². The number of benzene rings is 2. The van der Waals surface area contributed by atoms with Gasteiger partial charge in [0.15, 0.2) is 5.78 Å². The molecule has 1 aliphatic rings. The number of Topliss-reactive ketones (excluding diaryl/α,β-unsaturated/α-hetero) is 1. The standard InChI is InChI=1S/C21H17F4NO/c22-11-16-7-2-1-5-14(16)9-17-12-26-13-18(20(17)27)10-15-6-3-4-8-19(15)21(23,24)25/h1-10,26H,11-13H2/b17-9+,18-10+. The maximum atomic E-state index is 13.2. The molecule has 3 rings (SSSR count). The molecule has 0 saturated carbocycles. The molecule has 1 aliphatic heterocycles. The van der Waals surface area contributed by atoms with E-state index in [-0.39, 0.29) is 30.0 Å². The predicted octanol–water partition coefficient (Wildman–Crippen LogP) is 4.81. The number of carbonyl (C=O) groups is 1. The SMILES string of the molecule is O=C1/C(=C/c2ccccc2CF)CNC/C1=C\c1ccccc1C(F)(F)F. The number of nitrogens with one attached hydrogen (secondary N) is 1. The average Bonchev–Trinajstić information content (AvgIpc) is 2.65. The van der Waals surface area contributed by atoms with Crippen LogP contribution in [-0.4, -0.2) is 18.9 Å². The Balaban J connectivity index is 1.97. The minimum absolute atomic E-state index is 0.0550. The van der Waals surface area contributed by atoms with Crippen molar-refractivity contribution in [2.45, 2.75) is 12.9 Å². The third-order valence-electron chi connectivity index (χ3n) is 4.34. The predicted molar refractivity (Wildman–Crippen MR) is 96.5 cm³/mol. The van der Waals surface area contributed by atoms with Crippen LogP contribution < -0.4 is 5.32 Å². The van der Waals surface area contributed by atoms with E-state index in [1.807, 2.05) is 0 Å². The lowest BCUT2D eigenvalue weighted by atomic mass is 9.93. The summed E-state index contributed by atoms with van der Waals surface area (Å²) in [4.78, 5) is 12.7. The van der Waals surface area contributed by atoms with Gasteiger partial charge >= 0.3 is 6.18 Å². The number of hydrogen-bond acceptors (Lipinski definition) is 2. The number of hydrogen-bond donors (Lipinski definition) is 1. The first-order valence-electron chi connectivity index (χ1n) is 8.37. The molecule has 2 aromatic rings. The molecule has 0 bridgehead atoms. The second-order valence-corrected chi connectivity index (χ2v) is 6.19. The first-order valence-corrected chi connectivity index (χ1v) is 8.37. The number of alkyl halides is 4. The maximum absolute atomic E-state index is 13.2. The van der Waals surface area contributed by atoms with Gasteiger partial charge in [-0.3, -0.25) is 4.79 Å². The summed E-state index contributed by atoms with van der Waals surface area (Å²) < 4.78 is 52.6. The quantitative estimate of drug-likeness (QED) is 0.616. The summed E-state index contributed by atoms with van der Waals surface area (Å²) in [5.41, 5.74) is 0.822. The molecule has 6 heteroatoms. The molecule has 1 heterocycles. The second-order valence-electron chi connectivity index (χ2n) is 6.19. The summed E-state index contributed by atoms with van der Waals surface area (Å²) in [6.07, 6.45) is -1.64. The van der Waals surface area contributed by atoms with Crippen LogP contribution in [0.5, 0.6) is 0 Å². The third-order valence-corrected chi connectivity index (χ3v) is 4.34. The second kappa shape index (κ2) is 7.88. The van der Waals surface area contributed by atoms with E-state index >= 15 is 0 Å². The van der Waals surface area contributed by atoms with Crippen LogP contribution in [0.1, 0.15) is 22.3 Å². The lowest BCUT2D eigenvalue weighted by Crippen LogP contribution is -2.32. The first-order chi connectivity index (χ1) is 12.9. The highest BCUT2D eigenvalue weighted by atomic mass is 19.4. The van der Waals surface area contributed by atoms with Gasteiger partial charge in [-0.2, -0.15) is 13.2 Å². The number of ketones is 1. The topological polar surface area (TPSA) is 29.1 Å². The Bertz CT molecular complexity index is 912. The molecule has 27 heavy (non-hydrogen) atoms. The molecule has 2 aromatic carbocycles. The summed E-state index contributed by atoms with van der Waals surface area (Å²) in [6, 6.07) is 11.9. The van der Waals surface area contributed by atoms with E-state index in [0.717, 1.165) is 6.07 Å². The Labute approximate surface area is 154 Å². The van der Waals surface area contributed by atoms with Gasteiger partial charge in [0.05, 0.1) is 5.56 Å². The molecule has 1 N–H and O–H groups in total. The zero-order valence-corrected chi connectivity index (χ0v) is 14.3. The number of carbonyl (C=O) groups excluding carboxylic acids is 1. The van der Waals surface area contributed by atoms with Crippen molar-refractivity contribution in [3.8, 4) is 0 Å². The van der Waals surface area contributed by atoms with E-state index in [1.165, 1.54) is 24.3 Å². The van der Waals surface area contributed by atoms with Gasteiger partial charge in [-0.25, -0.2) is 4.39 Å². The van der Waals surface area contributed by atoms with Crippen molar-refractivity contribution in [1.82, 2.24) is 5.32 Å². The molecular formula is C21H17F4NO. The van der Waals surface area contributed by atoms with Gasteiger partial charge in [0.25, 0.3) is 0 Å². The molecule has 0 aromatic heterocycles. The molecule has 0 aliphatic carbocycles. The lowest BCUT2D eigenvalue weighted by Gasteiger charge is -2.19. The Kier molecular flexibility index (Phi) is 5.56. The van der Waals surface area contributed by atoms with Crippen molar-refractivity contribution >= 4 is 17.9 Å². The minimum atomic E-state index is -4.50. The van der Waals surface area contributed by atoms with Crippen molar-refractivity contribution in [2.24, 2.45) is 0 Å². The van der Waals surface area contributed by atoms with Crippen LogP contribution in [0.25, 0.3) is 12.2 Å². The number of piperidine rings is 1. The molecule has 0 atom stereocenters. The van der Waals surface area contributed by atoms with Crippen LogP contribution in [0.15, 0.2) is 59.7 Å². The van der Waals surface area contributed by atoms with Crippen LogP contribution in [0.3, 0.4) is 0 Å². The van der Waals surface area contributed by atoms with Gasteiger partial charge < -0.3 is 5.32 Å². The van der Waals surface area contributed by atoms with E-state index in [9.17, 15) is 22.4 Å². The molecule has 2 nitrogen and oxygen atoms in total. The van der Waals surface area contributed by atoms with Crippen LogP contribution >= 0.6 is 0 Å². The highest BCUT2D eigenvalue weighted by Gasteiger charge is 2.33. The minimum Gasteiger partial charge on any atom is -0.308 e. The Morgan fingerprint density at radius 2 is 1.44 bits per heavy atom. The normalized spacial score (nSPS) is 18.3. The van der Waals surface area contributed by atoms with Crippen molar-refractivity contribution in [3.63, 3.8) is 0 Å². The monoisotopic (exact) mass is 375 g/mol. The fourth-order valence-corrected chi connectivity index (χ4v) is 2.98. The number of rotatable bonds is 3. The van der Waals surface area contributed by atoms with Crippen LogP contribution in [0.2, 0.25) is 0 Å². The van der Waals surface area contributed by atoms with Crippen molar-refractivity contribution in [3.05, 3.63) is 81.9 Å². The molecule has 0 unspecified atom stereocenters. The van der Waals surface area contributed by atoms with Crippen LogP contribution in [0.4, 0.5) is 17.6 Å². The van der Waals surface area contributed by atoms with Gasteiger partial charge in [0, 0.05) is 24.2 Å². The lowest BCUT2D eigenvalue weighted by molar-refractivity contribution is -0.137.